The van der Waals surface area contributed by atoms with Gasteiger partial charge in [0.15, 0.2) is 0 Å². The van der Waals surface area contributed by atoms with Crippen LogP contribution in [0.4, 0.5) is 4.39 Å². The second-order valence-electron chi connectivity index (χ2n) is 4.67. The maximum atomic E-state index is 13.6. The highest BCUT2D eigenvalue weighted by molar-refractivity contribution is 6.32. The van der Waals surface area contributed by atoms with Crippen LogP contribution in [0.2, 0.25) is 5.02 Å². The number of benzene rings is 1. The molecule has 0 heterocycles. The molecule has 1 amide bonds. The van der Waals surface area contributed by atoms with Crippen molar-refractivity contribution in [3.8, 4) is 0 Å². The van der Waals surface area contributed by atoms with Crippen LogP contribution in [0.5, 0.6) is 0 Å². The molecule has 0 radical (unpaired) electrons. The summed E-state index contributed by atoms with van der Waals surface area (Å²) in [5, 5.41) is 9.10. The first-order valence-electron chi connectivity index (χ1n) is 6.51. The van der Waals surface area contributed by atoms with E-state index in [1.54, 1.807) is 11.0 Å². The smallest absolute Gasteiger partial charge is 0.246 e. The van der Waals surface area contributed by atoms with Gasteiger partial charge in [-0.15, -0.1) is 0 Å². The van der Waals surface area contributed by atoms with E-state index in [2.05, 4.69) is 0 Å². The Morgan fingerprint density at radius 3 is 2.75 bits per heavy atom. The molecular weight excluding hydrogens is 281 g/mol. The van der Waals surface area contributed by atoms with Crippen LogP contribution >= 0.6 is 11.6 Å². The van der Waals surface area contributed by atoms with E-state index in [0.717, 1.165) is 0 Å². The Morgan fingerprint density at radius 2 is 2.20 bits per heavy atom. The molecule has 0 aliphatic heterocycles. The number of hydrogen-bond donors (Lipinski definition) is 1. The fourth-order valence-corrected chi connectivity index (χ4v) is 2.01. The van der Waals surface area contributed by atoms with E-state index in [4.69, 9.17) is 16.7 Å². The summed E-state index contributed by atoms with van der Waals surface area (Å²) in [5.74, 6) is -0.694. The number of amides is 1. The van der Waals surface area contributed by atoms with Gasteiger partial charge in [-0.1, -0.05) is 17.7 Å². The minimum atomic E-state index is -0.465. The Morgan fingerprint density at radius 1 is 1.50 bits per heavy atom. The van der Waals surface area contributed by atoms with E-state index >= 15 is 0 Å². The van der Waals surface area contributed by atoms with Crippen molar-refractivity contribution in [1.29, 1.82) is 0 Å². The lowest BCUT2D eigenvalue weighted by Crippen LogP contribution is -2.36. The molecular formula is C15H19ClFNO2. The average molecular weight is 300 g/mol. The zero-order valence-electron chi connectivity index (χ0n) is 11.6. The Bertz CT molecular complexity index is 469. The molecule has 0 aromatic heterocycles. The fourth-order valence-electron chi connectivity index (χ4n) is 1.78. The number of carbonyl (C=O) groups excluding carboxylic acids is 1. The van der Waals surface area contributed by atoms with Gasteiger partial charge in [-0.2, -0.15) is 0 Å². The van der Waals surface area contributed by atoms with Crippen molar-refractivity contribution in [2.75, 3.05) is 13.2 Å². The quantitative estimate of drug-likeness (QED) is 0.820. The van der Waals surface area contributed by atoms with Crippen LogP contribution in [0.1, 0.15) is 25.8 Å². The Kier molecular flexibility index (Phi) is 6.68. The van der Waals surface area contributed by atoms with Gasteiger partial charge in [0.05, 0.1) is 5.02 Å². The maximum Gasteiger partial charge on any atom is 0.246 e. The summed E-state index contributed by atoms with van der Waals surface area (Å²) >= 11 is 5.89. The predicted octanol–water partition coefficient (Wildman–Crippen LogP) is 3.11. The van der Waals surface area contributed by atoms with Crippen LogP contribution in [0.3, 0.4) is 0 Å². The Balaban J connectivity index is 2.84. The molecule has 0 saturated heterocycles. The first-order chi connectivity index (χ1) is 9.47. The van der Waals surface area contributed by atoms with Crippen LogP contribution in [-0.4, -0.2) is 35.1 Å². The number of aliphatic hydroxyl groups excluding tert-OH is 1. The molecule has 1 N–H and O–H groups in total. The van der Waals surface area contributed by atoms with Gasteiger partial charge in [0.1, 0.15) is 5.82 Å². The molecule has 0 aliphatic carbocycles. The van der Waals surface area contributed by atoms with Crippen molar-refractivity contribution < 1.29 is 14.3 Å². The van der Waals surface area contributed by atoms with Crippen molar-refractivity contribution in [3.05, 3.63) is 40.7 Å². The summed E-state index contributed by atoms with van der Waals surface area (Å²) in [7, 11) is 0. The van der Waals surface area contributed by atoms with Crippen LogP contribution in [0.25, 0.3) is 6.08 Å². The number of nitrogens with zero attached hydrogens (tertiary/aromatic N) is 1. The summed E-state index contributed by atoms with van der Waals surface area (Å²) < 4.78 is 13.6. The van der Waals surface area contributed by atoms with Gasteiger partial charge in [-0.25, -0.2) is 4.39 Å². The second-order valence-corrected chi connectivity index (χ2v) is 5.08. The molecule has 110 valence electrons. The summed E-state index contributed by atoms with van der Waals surface area (Å²) in [6.45, 7) is 4.26. The lowest BCUT2D eigenvalue weighted by Gasteiger charge is -2.25. The third kappa shape index (κ3) is 4.62. The molecule has 0 spiro atoms. The molecule has 1 rings (SSSR count). The normalized spacial score (nSPS) is 11.3. The van der Waals surface area contributed by atoms with E-state index in [1.807, 2.05) is 13.8 Å². The molecule has 1 aromatic rings. The molecule has 1 aromatic carbocycles. The lowest BCUT2D eigenvalue weighted by atomic mass is 10.2. The van der Waals surface area contributed by atoms with Gasteiger partial charge < -0.3 is 10.0 Å². The molecule has 5 heteroatoms. The molecule has 0 saturated carbocycles. The Hall–Kier alpha value is -1.39. The van der Waals surface area contributed by atoms with Crippen molar-refractivity contribution >= 4 is 23.6 Å². The van der Waals surface area contributed by atoms with Crippen LogP contribution in [0, 0.1) is 5.82 Å². The SMILES string of the molecule is CC(C)N(CCCO)C(=O)/C=C/c1c(F)cccc1Cl. The minimum Gasteiger partial charge on any atom is -0.396 e. The molecule has 0 bridgehead atoms. The summed E-state index contributed by atoms with van der Waals surface area (Å²) in [5.41, 5.74) is 0.202. The van der Waals surface area contributed by atoms with Gasteiger partial charge in [-0.05, 0) is 38.5 Å². The van der Waals surface area contributed by atoms with E-state index in [-0.39, 0.29) is 29.1 Å². The highest BCUT2D eigenvalue weighted by Gasteiger charge is 2.14. The van der Waals surface area contributed by atoms with Crippen LogP contribution in [-0.2, 0) is 4.79 Å². The highest BCUT2D eigenvalue weighted by Crippen LogP contribution is 2.20. The molecule has 3 nitrogen and oxygen atoms in total. The van der Waals surface area contributed by atoms with E-state index in [9.17, 15) is 9.18 Å². The summed E-state index contributed by atoms with van der Waals surface area (Å²) in [4.78, 5) is 13.7. The average Bonchev–Trinajstić information content (AvgIpc) is 2.38. The Labute approximate surface area is 123 Å². The summed E-state index contributed by atoms with van der Waals surface area (Å²) in [6.07, 6.45) is 3.20. The van der Waals surface area contributed by atoms with Crippen molar-refractivity contribution in [2.45, 2.75) is 26.3 Å². The standard InChI is InChI=1S/C15H19ClFNO2/c1-11(2)18(9-4-10-19)15(20)8-7-12-13(16)5-3-6-14(12)17/h3,5-8,11,19H,4,9-10H2,1-2H3/b8-7+. The monoisotopic (exact) mass is 299 g/mol. The third-order valence-corrected chi connectivity index (χ3v) is 3.19. The first-order valence-corrected chi connectivity index (χ1v) is 6.88. The largest absolute Gasteiger partial charge is 0.396 e. The van der Waals surface area contributed by atoms with E-state index < -0.39 is 5.82 Å². The first kappa shape index (κ1) is 16.7. The maximum absolute atomic E-state index is 13.6. The fraction of sp³-hybridized carbons (Fsp3) is 0.400. The molecule has 0 unspecified atom stereocenters. The van der Waals surface area contributed by atoms with Gasteiger partial charge in [0, 0.05) is 30.8 Å². The predicted molar refractivity (Wildman–Crippen MR) is 79.0 cm³/mol. The molecule has 0 aliphatic rings. The highest BCUT2D eigenvalue weighted by atomic mass is 35.5. The van der Waals surface area contributed by atoms with Gasteiger partial charge in [0.2, 0.25) is 5.91 Å². The van der Waals surface area contributed by atoms with Crippen molar-refractivity contribution in [2.24, 2.45) is 0 Å². The van der Waals surface area contributed by atoms with Gasteiger partial charge >= 0.3 is 0 Å². The van der Waals surface area contributed by atoms with Crippen LogP contribution < -0.4 is 0 Å². The third-order valence-electron chi connectivity index (χ3n) is 2.86. The van der Waals surface area contributed by atoms with E-state index in [0.29, 0.717) is 13.0 Å². The topological polar surface area (TPSA) is 40.5 Å². The van der Waals surface area contributed by atoms with Crippen LogP contribution in [0.15, 0.2) is 24.3 Å². The molecule has 20 heavy (non-hydrogen) atoms. The zero-order valence-corrected chi connectivity index (χ0v) is 12.4. The van der Waals surface area contributed by atoms with Gasteiger partial charge in [0.25, 0.3) is 0 Å². The zero-order chi connectivity index (χ0) is 15.1. The number of carbonyl (C=O) groups is 1. The second kappa shape index (κ2) is 8.02. The lowest BCUT2D eigenvalue weighted by molar-refractivity contribution is -0.127. The van der Waals surface area contributed by atoms with Crippen molar-refractivity contribution in [3.63, 3.8) is 0 Å². The molecule has 0 fully saturated rings. The number of halogens is 2. The number of rotatable bonds is 6. The molecule has 0 atom stereocenters. The van der Waals surface area contributed by atoms with Crippen molar-refractivity contribution in [1.82, 2.24) is 4.90 Å². The summed E-state index contributed by atoms with van der Waals surface area (Å²) in [6, 6.07) is 4.39. The number of aliphatic hydroxyl groups is 1. The minimum absolute atomic E-state index is 0.00907. The van der Waals surface area contributed by atoms with E-state index in [1.165, 1.54) is 24.3 Å². The van der Waals surface area contributed by atoms with Gasteiger partial charge in [-0.3, -0.25) is 4.79 Å². The number of hydrogen-bond acceptors (Lipinski definition) is 2.